The van der Waals surface area contributed by atoms with Crippen molar-refractivity contribution in [1.82, 2.24) is 4.31 Å². The summed E-state index contributed by atoms with van der Waals surface area (Å²) in [6.45, 7) is 3.21. The maximum atomic E-state index is 12.6. The number of hydrogen-bond donors (Lipinski definition) is 1. The molecule has 1 aliphatic rings. The van der Waals surface area contributed by atoms with Gasteiger partial charge in [0.1, 0.15) is 0 Å². The number of thiophene rings is 1. The number of nitrogens with zero attached hydrogens (tertiary/aromatic N) is 1. The van der Waals surface area contributed by atoms with Crippen LogP contribution in [0.1, 0.15) is 22.6 Å². The van der Waals surface area contributed by atoms with Crippen LogP contribution in [0.3, 0.4) is 0 Å². The molecule has 0 aromatic carbocycles. The average Bonchev–Trinajstić information content (AvgIpc) is 2.81. The van der Waals surface area contributed by atoms with Crippen LogP contribution in [0.4, 0.5) is 0 Å². The normalized spacial score (nSPS) is 21.7. The highest BCUT2D eigenvalue weighted by atomic mass is 32.2. The zero-order valence-corrected chi connectivity index (χ0v) is 12.9. The van der Waals surface area contributed by atoms with Gasteiger partial charge in [0.05, 0.1) is 11.0 Å². The highest BCUT2D eigenvalue weighted by molar-refractivity contribution is 7.89. The van der Waals surface area contributed by atoms with E-state index < -0.39 is 10.0 Å². The van der Waals surface area contributed by atoms with Crippen LogP contribution in [0, 0.1) is 6.92 Å². The molecule has 0 saturated carbocycles. The number of sulfonamides is 1. The van der Waals surface area contributed by atoms with Gasteiger partial charge in [-0.3, -0.25) is 0 Å². The van der Waals surface area contributed by atoms with Gasteiger partial charge in [0.2, 0.25) is 10.0 Å². The Balaban J connectivity index is 2.28. The van der Waals surface area contributed by atoms with Crippen molar-refractivity contribution in [2.45, 2.75) is 37.3 Å². The van der Waals surface area contributed by atoms with Gasteiger partial charge in [-0.05, 0) is 25.8 Å². The van der Waals surface area contributed by atoms with Crippen LogP contribution in [-0.2, 0) is 21.3 Å². The van der Waals surface area contributed by atoms with Crippen molar-refractivity contribution in [2.75, 3.05) is 20.2 Å². The Morgan fingerprint density at radius 1 is 1.58 bits per heavy atom. The van der Waals surface area contributed by atoms with Crippen LogP contribution in [0.2, 0.25) is 0 Å². The minimum absolute atomic E-state index is 0.00329. The number of aryl methyl sites for hydroxylation is 1. The first-order valence-corrected chi connectivity index (χ1v) is 8.57. The summed E-state index contributed by atoms with van der Waals surface area (Å²) in [7, 11) is -1.79. The Hall–Kier alpha value is -0.470. The van der Waals surface area contributed by atoms with Gasteiger partial charge in [-0.1, -0.05) is 0 Å². The van der Waals surface area contributed by atoms with Crippen LogP contribution >= 0.6 is 11.3 Å². The third-order valence-electron chi connectivity index (χ3n) is 3.42. The molecule has 0 radical (unpaired) electrons. The SMILES string of the molecule is COC1CCCN(S(=O)(=O)c2cc(CN)sc2C)C1. The summed E-state index contributed by atoms with van der Waals surface area (Å²) in [4.78, 5) is 2.10. The molecule has 1 saturated heterocycles. The fourth-order valence-corrected chi connectivity index (χ4v) is 5.33. The first-order valence-electron chi connectivity index (χ1n) is 6.31. The molecule has 1 atom stereocenters. The van der Waals surface area contributed by atoms with Gasteiger partial charge in [0.25, 0.3) is 0 Å². The van der Waals surface area contributed by atoms with Gasteiger partial charge >= 0.3 is 0 Å². The fourth-order valence-electron chi connectivity index (χ4n) is 2.34. The topological polar surface area (TPSA) is 72.6 Å². The third-order valence-corrected chi connectivity index (χ3v) is 6.61. The van der Waals surface area contributed by atoms with E-state index in [0.29, 0.717) is 24.5 Å². The maximum absolute atomic E-state index is 12.6. The Labute approximate surface area is 118 Å². The molecule has 2 heterocycles. The standard InChI is InChI=1S/C12H20N2O3S2/c1-9-12(6-11(7-13)18-9)19(15,16)14-5-3-4-10(8-14)17-2/h6,10H,3-5,7-8,13H2,1-2H3. The first-order chi connectivity index (χ1) is 8.98. The van der Waals surface area contributed by atoms with E-state index in [4.69, 9.17) is 10.5 Å². The van der Waals surface area contributed by atoms with Gasteiger partial charge in [-0.15, -0.1) is 11.3 Å². The van der Waals surface area contributed by atoms with Crippen LogP contribution in [-0.4, -0.2) is 39.0 Å². The molecule has 19 heavy (non-hydrogen) atoms. The lowest BCUT2D eigenvalue weighted by molar-refractivity contribution is 0.0572. The zero-order valence-electron chi connectivity index (χ0n) is 11.3. The van der Waals surface area contributed by atoms with Crippen molar-refractivity contribution < 1.29 is 13.2 Å². The summed E-state index contributed by atoms with van der Waals surface area (Å²) in [5, 5.41) is 0. The molecule has 1 unspecified atom stereocenters. The Kier molecular flexibility index (Phi) is 4.62. The molecule has 1 aromatic rings. The quantitative estimate of drug-likeness (QED) is 0.910. The monoisotopic (exact) mass is 304 g/mol. The Bertz CT molecular complexity index is 539. The lowest BCUT2D eigenvalue weighted by Crippen LogP contribution is -2.42. The second kappa shape index (κ2) is 5.88. The van der Waals surface area contributed by atoms with E-state index in [1.807, 2.05) is 6.92 Å². The van der Waals surface area contributed by atoms with Crippen LogP contribution < -0.4 is 5.73 Å². The number of methoxy groups -OCH3 is 1. The predicted octanol–water partition coefficient (Wildman–Crippen LogP) is 1.31. The molecule has 1 aromatic heterocycles. The van der Waals surface area contributed by atoms with E-state index in [9.17, 15) is 8.42 Å². The molecule has 0 bridgehead atoms. The molecule has 2 N–H and O–H groups in total. The maximum Gasteiger partial charge on any atom is 0.244 e. The summed E-state index contributed by atoms with van der Waals surface area (Å²) < 4.78 is 32.1. The largest absolute Gasteiger partial charge is 0.380 e. The minimum atomic E-state index is -3.42. The minimum Gasteiger partial charge on any atom is -0.380 e. The van der Waals surface area contributed by atoms with E-state index in [1.54, 1.807) is 13.2 Å². The molecule has 0 aliphatic carbocycles. The van der Waals surface area contributed by atoms with Crippen molar-refractivity contribution in [3.63, 3.8) is 0 Å². The van der Waals surface area contributed by atoms with E-state index >= 15 is 0 Å². The molecule has 108 valence electrons. The Morgan fingerprint density at radius 2 is 2.32 bits per heavy atom. The van der Waals surface area contributed by atoms with E-state index in [1.165, 1.54) is 15.6 Å². The second-order valence-electron chi connectivity index (χ2n) is 4.70. The summed E-state index contributed by atoms with van der Waals surface area (Å²) in [6.07, 6.45) is 1.75. The van der Waals surface area contributed by atoms with Crippen molar-refractivity contribution >= 4 is 21.4 Å². The summed E-state index contributed by atoms with van der Waals surface area (Å²) >= 11 is 1.45. The van der Waals surface area contributed by atoms with Crippen molar-refractivity contribution in [3.8, 4) is 0 Å². The Morgan fingerprint density at radius 3 is 2.89 bits per heavy atom. The van der Waals surface area contributed by atoms with Gasteiger partial charge < -0.3 is 10.5 Å². The van der Waals surface area contributed by atoms with Gasteiger partial charge in [-0.2, -0.15) is 4.31 Å². The molecule has 1 fully saturated rings. The first kappa shape index (κ1) is 14.9. The summed E-state index contributed by atoms with van der Waals surface area (Å²) in [5.74, 6) is 0. The molecule has 2 rings (SSSR count). The van der Waals surface area contributed by atoms with Crippen LogP contribution in [0.5, 0.6) is 0 Å². The van der Waals surface area contributed by atoms with Crippen molar-refractivity contribution in [3.05, 3.63) is 15.8 Å². The molecular weight excluding hydrogens is 284 g/mol. The van der Waals surface area contributed by atoms with Crippen molar-refractivity contribution in [2.24, 2.45) is 5.73 Å². The highest BCUT2D eigenvalue weighted by Gasteiger charge is 2.32. The second-order valence-corrected chi connectivity index (χ2v) is 7.95. The van der Waals surface area contributed by atoms with Gasteiger partial charge in [-0.25, -0.2) is 8.42 Å². The molecule has 5 nitrogen and oxygen atoms in total. The number of piperidine rings is 1. The third kappa shape index (κ3) is 3.00. The smallest absolute Gasteiger partial charge is 0.244 e. The fraction of sp³-hybridized carbons (Fsp3) is 0.667. The lowest BCUT2D eigenvalue weighted by atomic mass is 10.1. The lowest BCUT2D eigenvalue weighted by Gasteiger charge is -2.31. The molecule has 0 spiro atoms. The molecule has 1 aliphatic heterocycles. The predicted molar refractivity (Wildman–Crippen MR) is 75.7 cm³/mol. The van der Waals surface area contributed by atoms with E-state index in [0.717, 1.165) is 22.6 Å². The van der Waals surface area contributed by atoms with Gasteiger partial charge in [0.15, 0.2) is 0 Å². The van der Waals surface area contributed by atoms with E-state index in [-0.39, 0.29) is 6.10 Å². The zero-order chi connectivity index (χ0) is 14.0. The highest BCUT2D eigenvalue weighted by Crippen LogP contribution is 2.29. The number of rotatable bonds is 4. The average molecular weight is 304 g/mol. The van der Waals surface area contributed by atoms with Gasteiger partial charge in [0, 0.05) is 36.5 Å². The number of hydrogen-bond acceptors (Lipinski definition) is 5. The van der Waals surface area contributed by atoms with E-state index in [2.05, 4.69) is 0 Å². The van der Waals surface area contributed by atoms with Crippen LogP contribution in [0.25, 0.3) is 0 Å². The summed E-state index contributed by atoms with van der Waals surface area (Å²) in [5.41, 5.74) is 5.58. The number of nitrogens with two attached hydrogens (primary N) is 1. The molecule has 7 heteroatoms. The molecule has 0 amide bonds. The number of ether oxygens (including phenoxy) is 1. The summed E-state index contributed by atoms with van der Waals surface area (Å²) in [6, 6.07) is 1.70. The molecular formula is C12H20N2O3S2. The van der Waals surface area contributed by atoms with Crippen molar-refractivity contribution in [1.29, 1.82) is 0 Å². The van der Waals surface area contributed by atoms with Crippen LogP contribution in [0.15, 0.2) is 11.0 Å².